The topological polar surface area (TPSA) is 64.7 Å². The van der Waals surface area contributed by atoms with Crippen molar-refractivity contribution < 1.29 is 9.59 Å². The van der Waals surface area contributed by atoms with Gasteiger partial charge in [0.05, 0.1) is 12.1 Å². The van der Waals surface area contributed by atoms with E-state index in [0.29, 0.717) is 32.7 Å². The average Bonchev–Trinajstić information content (AvgIpc) is 3.05. The van der Waals surface area contributed by atoms with Crippen LogP contribution in [0.15, 0.2) is 61.2 Å². The molecule has 6 heteroatoms. The third-order valence-corrected chi connectivity index (χ3v) is 6.32. The minimum atomic E-state index is -0.507. The monoisotopic (exact) mass is 462 g/mol. The first kappa shape index (κ1) is 25.5. The maximum Gasteiger partial charge on any atom is 0.318 e. The molecule has 0 aromatic heterocycles. The lowest BCUT2D eigenvalue weighted by Crippen LogP contribution is -2.49. The molecule has 34 heavy (non-hydrogen) atoms. The van der Waals surface area contributed by atoms with Crippen molar-refractivity contribution in [3.8, 4) is 0 Å². The smallest absolute Gasteiger partial charge is 0.318 e. The zero-order valence-corrected chi connectivity index (χ0v) is 20.8. The number of benzene rings is 2. The van der Waals surface area contributed by atoms with Gasteiger partial charge in [0.15, 0.2) is 0 Å². The van der Waals surface area contributed by atoms with Gasteiger partial charge in [-0.15, -0.1) is 0 Å². The van der Waals surface area contributed by atoms with E-state index < -0.39 is 5.54 Å². The number of carbonyl (C=O) groups is 2. The van der Waals surface area contributed by atoms with Crippen molar-refractivity contribution in [2.45, 2.75) is 39.2 Å². The van der Waals surface area contributed by atoms with Crippen LogP contribution in [0.2, 0.25) is 0 Å². The molecule has 1 fully saturated rings. The highest BCUT2D eigenvalue weighted by atomic mass is 16.2. The van der Waals surface area contributed by atoms with Crippen LogP contribution in [0.4, 0.5) is 4.79 Å². The van der Waals surface area contributed by atoms with Crippen LogP contribution in [0.25, 0.3) is 5.57 Å². The molecule has 2 N–H and O–H groups in total. The summed E-state index contributed by atoms with van der Waals surface area (Å²) >= 11 is 0. The highest BCUT2D eigenvalue weighted by molar-refractivity contribution is 5.78. The van der Waals surface area contributed by atoms with Crippen LogP contribution in [-0.2, 0) is 16.8 Å². The fourth-order valence-corrected chi connectivity index (χ4v) is 4.17. The van der Waals surface area contributed by atoms with Gasteiger partial charge in [0.25, 0.3) is 0 Å². The van der Waals surface area contributed by atoms with Crippen molar-refractivity contribution in [3.05, 3.63) is 77.9 Å². The number of urea groups is 1. The van der Waals surface area contributed by atoms with Crippen LogP contribution in [-0.4, -0.2) is 61.0 Å². The molecule has 1 aliphatic rings. The van der Waals surface area contributed by atoms with Crippen molar-refractivity contribution in [1.82, 2.24) is 20.4 Å². The molecule has 6 nitrogen and oxygen atoms in total. The predicted molar refractivity (Wildman–Crippen MR) is 138 cm³/mol. The Hall–Kier alpha value is -3.12. The van der Waals surface area contributed by atoms with Gasteiger partial charge in [-0.2, -0.15) is 0 Å². The van der Waals surface area contributed by atoms with Crippen molar-refractivity contribution in [2.24, 2.45) is 0 Å². The van der Waals surface area contributed by atoms with Gasteiger partial charge >= 0.3 is 6.03 Å². The summed E-state index contributed by atoms with van der Waals surface area (Å²) in [5, 5.41) is 6.21. The van der Waals surface area contributed by atoms with E-state index in [4.69, 9.17) is 0 Å². The molecule has 0 unspecified atom stereocenters. The minimum Gasteiger partial charge on any atom is -0.355 e. The molecule has 182 valence electrons. The van der Waals surface area contributed by atoms with E-state index in [1.165, 1.54) is 5.56 Å². The van der Waals surface area contributed by atoms with E-state index in [9.17, 15) is 9.59 Å². The van der Waals surface area contributed by atoms with Crippen LogP contribution >= 0.6 is 0 Å². The first-order valence-corrected chi connectivity index (χ1v) is 12.1. The Labute approximate surface area is 204 Å². The molecule has 0 aliphatic carbocycles. The lowest BCUT2D eigenvalue weighted by Gasteiger charge is -2.31. The molecule has 0 saturated carbocycles. The largest absolute Gasteiger partial charge is 0.355 e. The molecule has 2 aromatic carbocycles. The first-order valence-electron chi connectivity index (χ1n) is 12.1. The van der Waals surface area contributed by atoms with Gasteiger partial charge in [0.2, 0.25) is 5.91 Å². The molecule has 1 heterocycles. The molecule has 2 aromatic rings. The lowest BCUT2D eigenvalue weighted by atomic mass is 9.92. The number of hydrogen-bond donors (Lipinski definition) is 2. The summed E-state index contributed by atoms with van der Waals surface area (Å²) < 4.78 is 0. The van der Waals surface area contributed by atoms with Crippen LogP contribution in [0.1, 0.15) is 43.9 Å². The summed E-state index contributed by atoms with van der Waals surface area (Å²) in [7, 11) is 0. The van der Waals surface area contributed by atoms with Crippen LogP contribution in [0.3, 0.4) is 0 Å². The van der Waals surface area contributed by atoms with Gasteiger partial charge in [-0.25, -0.2) is 4.79 Å². The van der Waals surface area contributed by atoms with E-state index in [1.54, 1.807) is 0 Å². The number of nitrogens with zero attached hydrogens (tertiary/aromatic N) is 2. The average molecular weight is 463 g/mol. The fourth-order valence-electron chi connectivity index (χ4n) is 4.17. The number of amides is 3. The number of rotatable bonds is 8. The summed E-state index contributed by atoms with van der Waals surface area (Å²) in [6.07, 6.45) is 1.67. The van der Waals surface area contributed by atoms with Gasteiger partial charge in [-0.1, -0.05) is 60.7 Å². The molecule has 0 spiro atoms. The fraction of sp³-hybridized carbons (Fsp3) is 0.429. The van der Waals surface area contributed by atoms with Crippen LogP contribution in [0.5, 0.6) is 0 Å². The molecule has 0 radical (unpaired) electrons. The maximum atomic E-state index is 13.1. The normalized spacial score (nSPS) is 14.9. The van der Waals surface area contributed by atoms with Gasteiger partial charge in [-0.3, -0.25) is 9.69 Å². The SMILES string of the molecule is C=C(C)c1cccc(C(C)(C)NC(=O)N2CCCN(CC(=O)NCCc3ccccc3)CC2)c1. The second-order valence-electron chi connectivity index (χ2n) is 9.62. The molecule has 0 atom stereocenters. The second kappa shape index (κ2) is 11.8. The predicted octanol–water partition coefficient (Wildman–Crippen LogP) is 4.03. The van der Waals surface area contributed by atoms with E-state index in [0.717, 1.165) is 36.1 Å². The Morgan fingerprint density at radius 3 is 2.50 bits per heavy atom. The lowest BCUT2D eigenvalue weighted by molar-refractivity contribution is -0.122. The Morgan fingerprint density at radius 1 is 1.00 bits per heavy atom. The number of hydrogen-bond acceptors (Lipinski definition) is 3. The number of nitrogens with one attached hydrogen (secondary N) is 2. The van der Waals surface area contributed by atoms with Crippen molar-refractivity contribution in [3.63, 3.8) is 0 Å². The molecular weight excluding hydrogens is 424 g/mol. The minimum absolute atomic E-state index is 0.0346. The summed E-state index contributed by atoms with van der Waals surface area (Å²) in [4.78, 5) is 29.5. The molecule has 1 aliphatic heterocycles. The number of allylic oxidation sites excluding steroid dienone is 1. The zero-order valence-electron chi connectivity index (χ0n) is 20.8. The highest BCUT2D eigenvalue weighted by Gasteiger charge is 2.27. The molecular formula is C28H38N4O2. The number of carbonyl (C=O) groups excluding carboxylic acids is 2. The van der Waals surface area contributed by atoms with Gasteiger partial charge in [0, 0.05) is 32.7 Å². The Bertz CT molecular complexity index is 987. The van der Waals surface area contributed by atoms with E-state index >= 15 is 0 Å². The summed E-state index contributed by atoms with van der Waals surface area (Å²) in [5.41, 5.74) is 3.83. The van der Waals surface area contributed by atoms with E-state index in [-0.39, 0.29) is 11.9 Å². The van der Waals surface area contributed by atoms with E-state index in [1.807, 2.05) is 62.1 Å². The van der Waals surface area contributed by atoms with Crippen molar-refractivity contribution >= 4 is 17.5 Å². The third-order valence-electron chi connectivity index (χ3n) is 6.32. The summed E-state index contributed by atoms with van der Waals surface area (Å²) in [5.74, 6) is 0.0346. The van der Waals surface area contributed by atoms with Gasteiger partial charge in [0.1, 0.15) is 0 Å². The van der Waals surface area contributed by atoms with Crippen molar-refractivity contribution in [1.29, 1.82) is 0 Å². The Kier molecular flexibility index (Phi) is 8.88. The van der Waals surface area contributed by atoms with Crippen LogP contribution < -0.4 is 10.6 Å². The summed E-state index contributed by atoms with van der Waals surface area (Å²) in [6.45, 7) is 13.8. The molecule has 1 saturated heterocycles. The Balaban J connectivity index is 1.46. The molecule has 0 bridgehead atoms. The molecule has 3 amide bonds. The third kappa shape index (κ3) is 7.45. The van der Waals surface area contributed by atoms with Gasteiger partial charge in [-0.05, 0) is 56.4 Å². The molecule has 3 rings (SSSR count). The standard InChI is InChI=1S/C28H38N4O2/c1-22(2)24-12-8-13-25(20-24)28(3,4)30-27(34)32-17-9-16-31(18-19-32)21-26(33)29-15-14-23-10-6-5-7-11-23/h5-8,10-13,20H,1,9,14-19,21H2,2-4H3,(H,29,33)(H,30,34). The van der Waals surface area contributed by atoms with E-state index in [2.05, 4.69) is 40.3 Å². The first-order chi connectivity index (χ1) is 16.2. The maximum absolute atomic E-state index is 13.1. The van der Waals surface area contributed by atoms with Gasteiger partial charge < -0.3 is 15.5 Å². The Morgan fingerprint density at radius 2 is 1.76 bits per heavy atom. The van der Waals surface area contributed by atoms with Crippen LogP contribution in [0, 0.1) is 0 Å². The van der Waals surface area contributed by atoms with Crippen molar-refractivity contribution in [2.75, 3.05) is 39.3 Å². The second-order valence-corrected chi connectivity index (χ2v) is 9.62. The highest BCUT2D eigenvalue weighted by Crippen LogP contribution is 2.24. The zero-order chi connectivity index (χ0) is 24.6. The summed E-state index contributed by atoms with van der Waals surface area (Å²) in [6, 6.07) is 18.2. The quantitative estimate of drug-likeness (QED) is 0.623.